The van der Waals surface area contributed by atoms with Crippen LogP contribution in [0.3, 0.4) is 0 Å². The molecule has 0 spiro atoms. The number of nitrogens with two attached hydrogens (primary N) is 1. The van der Waals surface area contributed by atoms with Crippen LogP contribution in [-0.2, 0) is 12.4 Å². The summed E-state index contributed by atoms with van der Waals surface area (Å²) in [7, 11) is 0. The molecule has 190 valence electrons. The lowest BCUT2D eigenvalue weighted by atomic mass is 10.1. The fourth-order valence-electron chi connectivity index (χ4n) is 3.49. The second kappa shape index (κ2) is 8.94. The Hall–Kier alpha value is -4.36. The summed E-state index contributed by atoms with van der Waals surface area (Å²) in [6.07, 6.45) is -4.90. The van der Waals surface area contributed by atoms with Crippen molar-refractivity contribution in [3.63, 3.8) is 0 Å². The zero-order valence-corrected chi connectivity index (χ0v) is 18.6. The number of hydrogen-bond acceptors (Lipinski definition) is 8. The Morgan fingerprint density at radius 2 is 1.54 bits per heavy atom. The first-order valence-corrected chi connectivity index (χ1v) is 10.8. The maximum atomic E-state index is 13.3. The second-order valence-corrected chi connectivity index (χ2v) is 8.24. The SMILES string of the molecule is Nc1ncc(C2CC2)cc1-c1nc(Nc2ccnc(C(F)(F)F)c2)nc(-c2cccc(C(F)(F)F)n2)n1. The maximum absolute atomic E-state index is 13.3. The van der Waals surface area contributed by atoms with Gasteiger partial charge < -0.3 is 11.1 Å². The zero-order valence-electron chi connectivity index (χ0n) is 18.6. The van der Waals surface area contributed by atoms with Crippen molar-refractivity contribution in [1.82, 2.24) is 29.9 Å². The van der Waals surface area contributed by atoms with E-state index in [-0.39, 0.29) is 34.8 Å². The van der Waals surface area contributed by atoms with Gasteiger partial charge in [0.2, 0.25) is 5.95 Å². The molecule has 4 heterocycles. The van der Waals surface area contributed by atoms with E-state index in [0.29, 0.717) is 11.5 Å². The molecule has 1 aliphatic carbocycles. The minimum Gasteiger partial charge on any atom is -0.383 e. The molecule has 5 rings (SSSR count). The van der Waals surface area contributed by atoms with Crippen molar-refractivity contribution in [2.24, 2.45) is 0 Å². The number of nitrogens with one attached hydrogen (secondary N) is 1. The van der Waals surface area contributed by atoms with Gasteiger partial charge in [0, 0.05) is 18.1 Å². The van der Waals surface area contributed by atoms with E-state index in [4.69, 9.17) is 5.73 Å². The lowest BCUT2D eigenvalue weighted by Gasteiger charge is -2.13. The monoisotopic (exact) mass is 518 g/mol. The normalized spacial score (nSPS) is 14.0. The van der Waals surface area contributed by atoms with Gasteiger partial charge in [-0.25, -0.2) is 15.0 Å². The quantitative estimate of drug-likeness (QED) is 0.327. The van der Waals surface area contributed by atoms with E-state index < -0.39 is 23.7 Å². The average Bonchev–Trinajstić information content (AvgIpc) is 3.69. The largest absolute Gasteiger partial charge is 0.433 e. The number of hydrogen-bond donors (Lipinski definition) is 2. The van der Waals surface area contributed by atoms with Gasteiger partial charge in [-0.05, 0) is 54.7 Å². The van der Waals surface area contributed by atoms with Gasteiger partial charge in [-0.2, -0.15) is 36.3 Å². The van der Waals surface area contributed by atoms with Crippen molar-refractivity contribution in [2.75, 3.05) is 11.1 Å². The highest BCUT2D eigenvalue weighted by molar-refractivity contribution is 5.71. The number of anilines is 3. The molecule has 0 aliphatic heterocycles. The van der Waals surface area contributed by atoms with E-state index in [1.807, 2.05) is 0 Å². The predicted octanol–water partition coefficient (Wildman–Crippen LogP) is 5.63. The predicted molar refractivity (Wildman–Crippen MR) is 120 cm³/mol. The fourth-order valence-corrected chi connectivity index (χ4v) is 3.49. The molecule has 0 radical (unpaired) electrons. The number of rotatable bonds is 5. The number of nitrogen functional groups attached to an aromatic ring is 1. The summed E-state index contributed by atoms with van der Waals surface area (Å²) < 4.78 is 79.1. The van der Waals surface area contributed by atoms with Crippen LogP contribution in [0.5, 0.6) is 0 Å². The molecular formula is C23H16F6N8. The minimum absolute atomic E-state index is 0.0377. The molecule has 0 bridgehead atoms. The van der Waals surface area contributed by atoms with Crippen LogP contribution >= 0.6 is 0 Å². The summed E-state index contributed by atoms with van der Waals surface area (Å²) >= 11 is 0. The van der Waals surface area contributed by atoms with Crippen LogP contribution in [0.4, 0.5) is 43.8 Å². The highest BCUT2D eigenvalue weighted by Gasteiger charge is 2.34. The Morgan fingerprint density at radius 3 is 2.24 bits per heavy atom. The maximum Gasteiger partial charge on any atom is 0.433 e. The van der Waals surface area contributed by atoms with E-state index in [1.54, 1.807) is 12.3 Å². The molecule has 4 aromatic rings. The number of aromatic nitrogens is 6. The molecule has 3 N–H and O–H groups in total. The third-order valence-corrected chi connectivity index (χ3v) is 5.44. The molecule has 14 heteroatoms. The summed E-state index contributed by atoms with van der Waals surface area (Å²) in [4.78, 5) is 23.7. The van der Waals surface area contributed by atoms with Crippen LogP contribution < -0.4 is 11.1 Å². The van der Waals surface area contributed by atoms with Crippen molar-refractivity contribution in [3.8, 4) is 22.9 Å². The summed E-state index contributed by atoms with van der Waals surface area (Å²) in [6, 6.07) is 6.94. The number of pyridine rings is 3. The van der Waals surface area contributed by atoms with Crippen molar-refractivity contribution in [1.29, 1.82) is 0 Å². The van der Waals surface area contributed by atoms with Gasteiger partial charge in [-0.1, -0.05) is 6.07 Å². The first-order valence-electron chi connectivity index (χ1n) is 10.8. The van der Waals surface area contributed by atoms with Crippen LogP contribution in [0.1, 0.15) is 35.7 Å². The van der Waals surface area contributed by atoms with Gasteiger partial charge in [0.05, 0.1) is 5.56 Å². The Labute approximate surface area is 205 Å². The van der Waals surface area contributed by atoms with Gasteiger partial charge in [-0.3, -0.25) is 4.98 Å². The fraction of sp³-hybridized carbons (Fsp3) is 0.217. The Bertz CT molecular complexity index is 1470. The lowest BCUT2D eigenvalue weighted by molar-refractivity contribution is -0.141. The van der Waals surface area contributed by atoms with Gasteiger partial charge in [0.15, 0.2) is 11.6 Å². The molecule has 0 aromatic carbocycles. The van der Waals surface area contributed by atoms with E-state index in [2.05, 4.69) is 35.2 Å². The van der Waals surface area contributed by atoms with Gasteiger partial charge >= 0.3 is 12.4 Å². The molecular weight excluding hydrogens is 502 g/mol. The van der Waals surface area contributed by atoms with Crippen LogP contribution in [0.2, 0.25) is 0 Å². The van der Waals surface area contributed by atoms with Crippen molar-refractivity contribution < 1.29 is 26.3 Å². The smallest absolute Gasteiger partial charge is 0.383 e. The van der Waals surface area contributed by atoms with E-state index >= 15 is 0 Å². The van der Waals surface area contributed by atoms with Crippen molar-refractivity contribution >= 4 is 17.5 Å². The third kappa shape index (κ3) is 5.42. The van der Waals surface area contributed by atoms with Gasteiger partial charge in [0.1, 0.15) is 22.9 Å². The topological polar surface area (TPSA) is 115 Å². The van der Waals surface area contributed by atoms with E-state index in [9.17, 15) is 26.3 Å². The molecule has 0 amide bonds. The molecule has 0 atom stereocenters. The summed E-state index contributed by atoms with van der Waals surface area (Å²) in [5.41, 5.74) is 4.64. The van der Waals surface area contributed by atoms with Crippen LogP contribution in [0.25, 0.3) is 22.9 Å². The summed E-state index contributed by atoms with van der Waals surface area (Å²) in [6.45, 7) is 0. The molecule has 0 saturated heterocycles. The molecule has 8 nitrogen and oxygen atoms in total. The average molecular weight is 518 g/mol. The molecule has 4 aromatic heterocycles. The van der Waals surface area contributed by atoms with E-state index in [0.717, 1.165) is 42.8 Å². The summed E-state index contributed by atoms with van der Waals surface area (Å²) in [5.74, 6) is -0.166. The van der Waals surface area contributed by atoms with E-state index in [1.165, 1.54) is 12.1 Å². The number of alkyl halides is 6. The second-order valence-electron chi connectivity index (χ2n) is 8.24. The van der Waals surface area contributed by atoms with Crippen LogP contribution in [0, 0.1) is 0 Å². The lowest BCUT2D eigenvalue weighted by Crippen LogP contribution is -2.10. The molecule has 1 fully saturated rings. The van der Waals surface area contributed by atoms with Crippen molar-refractivity contribution in [2.45, 2.75) is 31.1 Å². The van der Waals surface area contributed by atoms with Crippen LogP contribution in [0.15, 0.2) is 48.8 Å². The molecule has 37 heavy (non-hydrogen) atoms. The third-order valence-electron chi connectivity index (χ3n) is 5.44. The minimum atomic E-state index is -4.72. The standard InChI is InChI=1S/C23H16F6N8/c24-22(25,26)16-3-1-2-15(34-16)20-35-19(14-8-12(11-4-5-11)10-32-18(14)30)36-21(37-20)33-13-6-7-31-17(9-13)23(27,28)29/h1-3,6-11H,4-5H2,(H2,30,32)(H,31,33,35,36,37). The number of nitrogens with zero attached hydrogens (tertiary/aromatic N) is 6. The molecule has 1 aliphatic rings. The molecule has 1 saturated carbocycles. The highest BCUT2D eigenvalue weighted by Crippen LogP contribution is 2.41. The first kappa shape index (κ1) is 24.3. The van der Waals surface area contributed by atoms with Gasteiger partial charge in [0.25, 0.3) is 0 Å². The Morgan fingerprint density at radius 1 is 0.811 bits per heavy atom. The summed E-state index contributed by atoms with van der Waals surface area (Å²) in [5, 5.41) is 2.64. The Kier molecular flexibility index (Phi) is 5.88. The first-order chi connectivity index (χ1) is 17.5. The van der Waals surface area contributed by atoms with Crippen LogP contribution in [-0.4, -0.2) is 29.9 Å². The molecule has 0 unspecified atom stereocenters. The van der Waals surface area contributed by atoms with Gasteiger partial charge in [-0.15, -0.1) is 0 Å². The zero-order chi connectivity index (χ0) is 26.4. The number of halogens is 6. The highest BCUT2D eigenvalue weighted by atomic mass is 19.4. The Balaban J connectivity index is 1.63. The van der Waals surface area contributed by atoms with Crippen molar-refractivity contribution in [3.05, 3.63) is 65.7 Å².